The van der Waals surface area contributed by atoms with Crippen molar-refractivity contribution in [2.24, 2.45) is 5.10 Å². The number of aromatic amines is 1. The number of nitrogens with zero attached hydrogens (tertiary/aromatic N) is 2. The maximum absolute atomic E-state index is 11.6. The van der Waals surface area contributed by atoms with Gasteiger partial charge in [-0.25, -0.2) is 10.2 Å². The fourth-order valence-electron chi connectivity index (χ4n) is 2.29. The Morgan fingerprint density at radius 3 is 2.79 bits per heavy atom. The lowest BCUT2D eigenvalue weighted by atomic mass is 10.1. The zero-order valence-corrected chi connectivity index (χ0v) is 15.0. The minimum atomic E-state index is -0.562. The first-order chi connectivity index (χ1) is 11.2. The molecule has 0 bridgehead atoms. The first kappa shape index (κ1) is 18.0. The summed E-state index contributed by atoms with van der Waals surface area (Å²) in [5.74, 6) is 0. The maximum atomic E-state index is 11.6. The van der Waals surface area contributed by atoms with Crippen LogP contribution in [0.2, 0.25) is 0 Å². The van der Waals surface area contributed by atoms with Crippen molar-refractivity contribution in [3.8, 4) is 0 Å². The molecule has 0 atom stereocenters. The zero-order chi connectivity index (χ0) is 17.7. The van der Waals surface area contributed by atoms with Crippen LogP contribution in [0.1, 0.15) is 31.9 Å². The van der Waals surface area contributed by atoms with Gasteiger partial charge in [-0.3, -0.25) is 0 Å². The summed E-state index contributed by atoms with van der Waals surface area (Å²) in [5.41, 5.74) is 5.13. The fourth-order valence-corrected chi connectivity index (χ4v) is 2.29. The van der Waals surface area contributed by atoms with Crippen LogP contribution in [0.15, 0.2) is 29.5 Å². The summed E-state index contributed by atoms with van der Waals surface area (Å²) in [4.78, 5) is 17.0. The number of carbonyl (C=O) groups is 1. The molecular formula is C18H26N4O2. The van der Waals surface area contributed by atoms with Crippen LogP contribution in [0.25, 0.3) is 10.9 Å². The van der Waals surface area contributed by atoms with Crippen LogP contribution in [0, 0.1) is 0 Å². The highest BCUT2D eigenvalue weighted by Gasteiger charge is 2.15. The zero-order valence-electron chi connectivity index (χ0n) is 15.0. The van der Waals surface area contributed by atoms with Gasteiger partial charge >= 0.3 is 6.09 Å². The number of fused-ring (bicyclic) bond motifs is 1. The molecule has 6 heteroatoms. The van der Waals surface area contributed by atoms with E-state index in [1.807, 2.05) is 39.1 Å². The molecule has 6 nitrogen and oxygen atoms in total. The Balaban J connectivity index is 2.05. The molecule has 24 heavy (non-hydrogen) atoms. The summed E-state index contributed by atoms with van der Waals surface area (Å²) < 4.78 is 5.13. The fraction of sp³-hybridized carbons (Fsp3) is 0.444. The minimum Gasteiger partial charge on any atom is -0.443 e. The third-order valence-electron chi connectivity index (χ3n) is 3.39. The lowest BCUT2D eigenvalue weighted by molar-refractivity contribution is 0.0529. The molecule has 1 heterocycles. The smallest absolute Gasteiger partial charge is 0.428 e. The number of nitrogens with one attached hydrogen (secondary N) is 2. The molecule has 1 aromatic heterocycles. The van der Waals surface area contributed by atoms with Gasteiger partial charge in [-0.1, -0.05) is 6.07 Å². The molecule has 0 fully saturated rings. The van der Waals surface area contributed by atoms with Gasteiger partial charge in [0.2, 0.25) is 0 Å². The van der Waals surface area contributed by atoms with E-state index in [9.17, 15) is 4.79 Å². The first-order valence-corrected chi connectivity index (χ1v) is 8.01. The van der Waals surface area contributed by atoms with Gasteiger partial charge in [-0.05, 0) is 64.5 Å². The highest BCUT2D eigenvalue weighted by atomic mass is 16.6. The average Bonchev–Trinajstić information content (AvgIpc) is 2.85. The second-order valence-corrected chi connectivity index (χ2v) is 7.04. The van der Waals surface area contributed by atoms with Crippen molar-refractivity contribution < 1.29 is 9.53 Å². The Kier molecular flexibility index (Phi) is 5.62. The summed E-state index contributed by atoms with van der Waals surface area (Å²) >= 11 is 0. The number of rotatable bonds is 5. The number of amides is 1. The van der Waals surface area contributed by atoms with E-state index in [1.54, 1.807) is 6.21 Å². The largest absolute Gasteiger partial charge is 0.443 e. The number of benzene rings is 1. The monoisotopic (exact) mass is 330 g/mol. The van der Waals surface area contributed by atoms with Crippen LogP contribution in [0.5, 0.6) is 0 Å². The highest BCUT2D eigenvalue weighted by Crippen LogP contribution is 2.20. The molecule has 130 valence electrons. The Bertz CT molecular complexity index is 726. The van der Waals surface area contributed by atoms with E-state index in [0.29, 0.717) is 0 Å². The quantitative estimate of drug-likeness (QED) is 0.653. The van der Waals surface area contributed by atoms with E-state index < -0.39 is 11.7 Å². The minimum absolute atomic E-state index is 0.537. The Morgan fingerprint density at radius 2 is 2.12 bits per heavy atom. The molecule has 2 N–H and O–H groups in total. The predicted octanol–water partition coefficient (Wildman–Crippen LogP) is 3.13. The molecule has 0 saturated heterocycles. The number of aromatic nitrogens is 1. The normalized spacial score (nSPS) is 12.2. The summed E-state index contributed by atoms with van der Waals surface area (Å²) in [6.07, 6.45) is 4.08. The molecule has 0 unspecified atom stereocenters. The molecule has 0 saturated carbocycles. The molecule has 1 amide bonds. The predicted molar refractivity (Wildman–Crippen MR) is 97.5 cm³/mol. The van der Waals surface area contributed by atoms with Crippen LogP contribution >= 0.6 is 0 Å². The number of likely N-dealkylation sites (N-methyl/N-ethyl adjacent to an activating group) is 1. The molecule has 1 aromatic carbocycles. The Hall–Kier alpha value is -2.34. The van der Waals surface area contributed by atoms with Crippen molar-refractivity contribution in [2.75, 3.05) is 20.6 Å². The number of carbonyl (C=O) groups excluding carboxylic acids is 1. The van der Waals surface area contributed by atoms with Crippen molar-refractivity contribution in [2.45, 2.75) is 32.8 Å². The van der Waals surface area contributed by atoms with Gasteiger partial charge < -0.3 is 14.6 Å². The van der Waals surface area contributed by atoms with Crippen LogP contribution in [-0.4, -0.2) is 48.4 Å². The molecule has 2 aromatic rings. The molecule has 0 spiro atoms. The second kappa shape index (κ2) is 7.49. The average molecular weight is 330 g/mol. The molecule has 0 aliphatic heterocycles. The summed E-state index contributed by atoms with van der Waals surface area (Å²) in [5, 5.41) is 5.13. The van der Waals surface area contributed by atoms with Gasteiger partial charge in [-0.2, -0.15) is 5.10 Å². The Morgan fingerprint density at radius 1 is 1.38 bits per heavy atom. The van der Waals surface area contributed by atoms with E-state index in [4.69, 9.17) is 4.74 Å². The van der Waals surface area contributed by atoms with Gasteiger partial charge in [0, 0.05) is 23.6 Å². The third kappa shape index (κ3) is 5.38. The van der Waals surface area contributed by atoms with Crippen molar-refractivity contribution in [1.82, 2.24) is 15.3 Å². The van der Waals surface area contributed by atoms with Crippen LogP contribution in [0.3, 0.4) is 0 Å². The molecule has 0 aliphatic rings. The van der Waals surface area contributed by atoms with E-state index in [2.05, 4.69) is 40.6 Å². The topological polar surface area (TPSA) is 69.7 Å². The maximum Gasteiger partial charge on any atom is 0.428 e. The number of ether oxygens (including phenoxy) is 1. The van der Waals surface area contributed by atoms with Gasteiger partial charge in [0.25, 0.3) is 0 Å². The summed E-state index contributed by atoms with van der Waals surface area (Å²) in [7, 11) is 4.13. The lowest BCUT2D eigenvalue weighted by Crippen LogP contribution is -2.29. The third-order valence-corrected chi connectivity index (χ3v) is 3.39. The van der Waals surface area contributed by atoms with Gasteiger partial charge in [0.05, 0.1) is 6.21 Å². The number of hydrazone groups is 1. The lowest BCUT2D eigenvalue weighted by Gasteiger charge is -2.18. The summed E-state index contributed by atoms with van der Waals surface area (Å²) in [6.45, 7) is 6.42. The Labute approximate surface area is 142 Å². The summed E-state index contributed by atoms with van der Waals surface area (Å²) in [6, 6.07) is 6.04. The van der Waals surface area contributed by atoms with Crippen molar-refractivity contribution in [3.05, 3.63) is 35.5 Å². The number of H-pyrrole nitrogens is 1. The van der Waals surface area contributed by atoms with Crippen LogP contribution in [-0.2, 0) is 11.2 Å². The molecular weight excluding hydrogens is 304 g/mol. The van der Waals surface area contributed by atoms with Gasteiger partial charge in [0.1, 0.15) is 5.60 Å². The first-order valence-electron chi connectivity index (χ1n) is 8.01. The van der Waals surface area contributed by atoms with E-state index in [0.717, 1.165) is 24.0 Å². The van der Waals surface area contributed by atoms with Gasteiger partial charge in [-0.15, -0.1) is 0 Å². The van der Waals surface area contributed by atoms with E-state index >= 15 is 0 Å². The van der Waals surface area contributed by atoms with Gasteiger partial charge in [0.15, 0.2) is 0 Å². The van der Waals surface area contributed by atoms with Crippen LogP contribution < -0.4 is 5.43 Å². The molecule has 2 rings (SSSR count). The molecule has 0 radical (unpaired) electrons. The van der Waals surface area contributed by atoms with Crippen molar-refractivity contribution >= 4 is 23.2 Å². The number of hydrogen-bond acceptors (Lipinski definition) is 4. The second-order valence-electron chi connectivity index (χ2n) is 7.04. The van der Waals surface area contributed by atoms with E-state index in [-0.39, 0.29) is 0 Å². The van der Waals surface area contributed by atoms with Crippen molar-refractivity contribution in [3.63, 3.8) is 0 Å². The standard InChI is InChI=1S/C18H26N4O2/c1-18(2,3)24-17(23)21-20-11-13-6-7-16-15(10-13)14(12-19-16)8-9-22(4)5/h6-7,10-12,19H,8-9H2,1-5H3,(H,21,23)/b20-11+. The molecule has 0 aliphatic carbocycles. The van der Waals surface area contributed by atoms with E-state index in [1.165, 1.54) is 10.9 Å². The SMILES string of the molecule is CN(C)CCc1c[nH]c2ccc(/C=N/NC(=O)OC(C)(C)C)cc12. The number of hydrogen-bond donors (Lipinski definition) is 2. The highest BCUT2D eigenvalue weighted by molar-refractivity contribution is 5.91. The van der Waals surface area contributed by atoms with Crippen LogP contribution in [0.4, 0.5) is 4.79 Å². The van der Waals surface area contributed by atoms with Crippen molar-refractivity contribution in [1.29, 1.82) is 0 Å².